The van der Waals surface area contributed by atoms with Crippen LogP contribution >= 0.6 is 0 Å². The lowest BCUT2D eigenvalue weighted by atomic mass is 9.85. The Morgan fingerprint density at radius 1 is 1.21 bits per heavy atom. The zero-order valence-corrected chi connectivity index (χ0v) is 13.0. The predicted octanol–water partition coefficient (Wildman–Crippen LogP) is 0.387. The highest BCUT2D eigenvalue weighted by atomic mass is 32.2. The summed E-state index contributed by atoms with van der Waals surface area (Å²) in [6.45, 7) is 9.49. The molecule has 3 aliphatic rings. The van der Waals surface area contributed by atoms with Crippen LogP contribution in [0.3, 0.4) is 0 Å². The minimum absolute atomic E-state index is 0.119. The van der Waals surface area contributed by atoms with Gasteiger partial charge < -0.3 is 10.2 Å². The van der Waals surface area contributed by atoms with Crippen molar-refractivity contribution in [3.8, 4) is 0 Å². The van der Waals surface area contributed by atoms with E-state index in [4.69, 9.17) is 0 Å². The molecular weight excluding hydrogens is 262 g/mol. The second kappa shape index (κ2) is 6.08. The van der Waals surface area contributed by atoms with Crippen LogP contribution in [-0.4, -0.2) is 56.8 Å². The van der Waals surface area contributed by atoms with Crippen molar-refractivity contribution in [3.05, 3.63) is 0 Å². The highest BCUT2D eigenvalue weighted by Crippen LogP contribution is 2.28. The van der Waals surface area contributed by atoms with Crippen molar-refractivity contribution in [1.29, 1.82) is 0 Å². The molecule has 2 unspecified atom stereocenters. The van der Waals surface area contributed by atoms with E-state index in [2.05, 4.69) is 14.9 Å². The lowest BCUT2D eigenvalue weighted by Gasteiger charge is -2.45. The quantitative estimate of drug-likeness (QED) is 0.742. The smallest absolute Gasteiger partial charge is 0.215 e. The Kier molecular flexibility index (Phi) is 4.87. The molecule has 3 saturated heterocycles. The predicted molar refractivity (Wildman–Crippen MR) is 77.6 cm³/mol. The molecule has 3 fully saturated rings. The molecule has 0 spiro atoms. The third-order valence-corrected chi connectivity index (χ3v) is 6.17. The lowest BCUT2D eigenvalue weighted by molar-refractivity contribution is 0.0826. The van der Waals surface area contributed by atoms with Crippen molar-refractivity contribution >= 4 is 10.0 Å². The number of nitrogens with one attached hydrogen (secondary N) is 2. The van der Waals surface area contributed by atoms with E-state index in [0.717, 1.165) is 32.5 Å². The van der Waals surface area contributed by atoms with Crippen LogP contribution in [0.25, 0.3) is 0 Å². The molecule has 0 saturated carbocycles. The van der Waals surface area contributed by atoms with E-state index in [1.807, 2.05) is 13.8 Å². The van der Waals surface area contributed by atoms with E-state index < -0.39 is 10.0 Å². The highest BCUT2D eigenvalue weighted by molar-refractivity contribution is 7.90. The van der Waals surface area contributed by atoms with E-state index in [1.54, 1.807) is 6.92 Å². The van der Waals surface area contributed by atoms with E-state index in [0.29, 0.717) is 18.5 Å². The summed E-state index contributed by atoms with van der Waals surface area (Å²) in [5.41, 5.74) is 0. The number of nitrogens with zero attached hydrogens (tertiary/aromatic N) is 1. The van der Waals surface area contributed by atoms with Gasteiger partial charge in [-0.25, -0.2) is 13.1 Å². The highest BCUT2D eigenvalue weighted by Gasteiger charge is 2.37. The molecule has 0 amide bonds. The summed E-state index contributed by atoms with van der Waals surface area (Å²) in [6.07, 6.45) is 2.26. The summed E-state index contributed by atoms with van der Waals surface area (Å²) in [5, 5.41) is 2.81. The molecule has 3 heterocycles. The molecular formula is C13H27N3O2S. The minimum Gasteiger partial charge on any atom is -0.313 e. The van der Waals surface area contributed by atoms with Crippen LogP contribution in [-0.2, 0) is 10.0 Å². The summed E-state index contributed by atoms with van der Waals surface area (Å²) in [4.78, 5) is 2.37. The zero-order chi connectivity index (χ0) is 14.0. The molecule has 6 heteroatoms. The molecule has 0 aromatic heterocycles. The van der Waals surface area contributed by atoms with Gasteiger partial charge in [0.05, 0.1) is 5.25 Å². The van der Waals surface area contributed by atoms with Gasteiger partial charge in [-0.3, -0.25) is 0 Å². The van der Waals surface area contributed by atoms with Crippen LogP contribution in [0.2, 0.25) is 0 Å². The Hall–Kier alpha value is -0.170. The number of fused-ring (bicyclic) bond motifs is 3. The van der Waals surface area contributed by atoms with E-state index in [1.165, 1.54) is 0 Å². The number of hydrogen-bond donors (Lipinski definition) is 2. The van der Waals surface area contributed by atoms with Crippen LogP contribution < -0.4 is 10.0 Å². The molecule has 19 heavy (non-hydrogen) atoms. The molecule has 2 bridgehead atoms. The molecule has 0 aromatic rings. The minimum atomic E-state index is -3.22. The molecule has 0 radical (unpaired) electrons. The van der Waals surface area contributed by atoms with Crippen molar-refractivity contribution < 1.29 is 8.42 Å². The summed E-state index contributed by atoms with van der Waals surface area (Å²) in [6, 6.07) is 0.434. The molecule has 3 rings (SSSR count). The van der Waals surface area contributed by atoms with E-state index in [-0.39, 0.29) is 11.3 Å². The van der Waals surface area contributed by atoms with Crippen LogP contribution in [0.15, 0.2) is 0 Å². The second-order valence-corrected chi connectivity index (χ2v) is 8.41. The average molecular weight is 289 g/mol. The number of piperidine rings is 3. The van der Waals surface area contributed by atoms with Crippen LogP contribution in [0, 0.1) is 5.92 Å². The number of hydrogen-bond acceptors (Lipinski definition) is 4. The van der Waals surface area contributed by atoms with Gasteiger partial charge in [-0.1, -0.05) is 13.8 Å². The number of sulfonamides is 1. The van der Waals surface area contributed by atoms with Crippen LogP contribution in [0.4, 0.5) is 0 Å². The Bertz CT molecular complexity index is 389. The van der Waals surface area contributed by atoms with Crippen molar-refractivity contribution in [2.75, 3.05) is 26.2 Å². The van der Waals surface area contributed by atoms with Crippen LogP contribution in [0.5, 0.6) is 0 Å². The van der Waals surface area contributed by atoms with Crippen molar-refractivity contribution in [2.45, 2.75) is 50.9 Å². The first-order valence-electron chi connectivity index (χ1n) is 7.35. The maximum atomic E-state index is 12.3. The Labute approximate surface area is 117 Å². The average Bonchev–Trinajstić information content (AvgIpc) is 2.36. The number of rotatable bonds is 6. The summed E-state index contributed by atoms with van der Waals surface area (Å²) in [7, 11) is -3.22. The standard InChI is InChI=1S/C13H27N3O2S/c1-10(2)14-8-11(3)19(17,18)15-13-9-16-6-4-12(13)5-7-16/h10-15H,4-9H2,1-3H3. The van der Waals surface area contributed by atoms with E-state index in [9.17, 15) is 8.42 Å². The first-order chi connectivity index (χ1) is 8.88. The first-order valence-corrected chi connectivity index (χ1v) is 8.90. The van der Waals surface area contributed by atoms with Gasteiger partial charge in [0.2, 0.25) is 10.0 Å². The normalized spacial score (nSPS) is 32.7. The molecule has 2 N–H and O–H groups in total. The largest absolute Gasteiger partial charge is 0.313 e. The maximum Gasteiger partial charge on any atom is 0.215 e. The summed E-state index contributed by atoms with van der Waals surface area (Å²) < 4.78 is 27.6. The summed E-state index contributed by atoms with van der Waals surface area (Å²) >= 11 is 0. The molecule has 0 aliphatic carbocycles. The van der Waals surface area contributed by atoms with Gasteiger partial charge in [0.15, 0.2) is 0 Å². The van der Waals surface area contributed by atoms with Gasteiger partial charge in [0, 0.05) is 25.2 Å². The van der Waals surface area contributed by atoms with Crippen molar-refractivity contribution in [3.63, 3.8) is 0 Å². The first kappa shape index (κ1) is 15.2. The van der Waals surface area contributed by atoms with Crippen LogP contribution in [0.1, 0.15) is 33.6 Å². The molecule has 3 aliphatic heterocycles. The second-order valence-electron chi connectivity index (χ2n) is 6.28. The van der Waals surface area contributed by atoms with Gasteiger partial charge >= 0.3 is 0 Å². The van der Waals surface area contributed by atoms with Crippen molar-refractivity contribution in [2.24, 2.45) is 5.92 Å². The Morgan fingerprint density at radius 2 is 1.84 bits per heavy atom. The molecule has 5 nitrogen and oxygen atoms in total. The van der Waals surface area contributed by atoms with Gasteiger partial charge in [0.1, 0.15) is 0 Å². The topological polar surface area (TPSA) is 61.4 Å². The van der Waals surface area contributed by atoms with Gasteiger partial charge in [0.25, 0.3) is 0 Å². The summed E-state index contributed by atoms with van der Waals surface area (Å²) in [5.74, 6) is 0.532. The SMILES string of the molecule is CC(C)NCC(C)S(=O)(=O)NC1CN2CCC1CC2. The third-order valence-electron chi connectivity index (χ3n) is 4.32. The molecule has 0 aromatic carbocycles. The third kappa shape index (κ3) is 3.90. The Balaban J connectivity index is 1.89. The molecule has 2 atom stereocenters. The Morgan fingerprint density at radius 3 is 2.32 bits per heavy atom. The van der Waals surface area contributed by atoms with Gasteiger partial charge in [-0.2, -0.15) is 0 Å². The van der Waals surface area contributed by atoms with E-state index >= 15 is 0 Å². The lowest BCUT2D eigenvalue weighted by Crippen LogP contribution is -2.58. The maximum absolute atomic E-state index is 12.3. The molecule has 112 valence electrons. The fourth-order valence-electron chi connectivity index (χ4n) is 2.94. The van der Waals surface area contributed by atoms with Gasteiger partial charge in [-0.15, -0.1) is 0 Å². The van der Waals surface area contributed by atoms with Crippen molar-refractivity contribution in [1.82, 2.24) is 14.9 Å². The zero-order valence-electron chi connectivity index (χ0n) is 12.2. The monoisotopic (exact) mass is 289 g/mol. The fourth-order valence-corrected chi connectivity index (χ4v) is 4.17. The fraction of sp³-hybridized carbons (Fsp3) is 1.00. The van der Waals surface area contributed by atoms with Gasteiger partial charge in [-0.05, 0) is 38.8 Å².